The van der Waals surface area contributed by atoms with Gasteiger partial charge in [-0.15, -0.1) is 0 Å². The Morgan fingerprint density at radius 3 is 1.00 bits per heavy atom. The SMILES string of the molecule is c1cc(C(c2ccc(OCC3CCCCO3)cc2)c2ccc(OCC3CCCCO3)cc2)ccc1OCC1CCCCO1. The summed E-state index contributed by atoms with van der Waals surface area (Å²) in [6.45, 7) is 4.32. The molecule has 0 saturated carbocycles. The average Bonchev–Trinajstić information content (AvgIpc) is 3.09. The molecule has 6 heteroatoms. The minimum atomic E-state index is 0.0576. The highest BCUT2D eigenvalue weighted by molar-refractivity contribution is 5.46. The molecule has 0 bridgehead atoms. The van der Waals surface area contributed by atoms with Crippen molar-refractivity contribution < 1.29 is 28.4 Å². The van der Waals surface area contributed by atoms with Crippen LogP contribution < -0.4 is 14.2 Å². The first kappa shape index (κ1) is 30.0. The Morgan fingerprint density at radius 2 is 0.744 bits per heavy atom. The van der Waals surface area contributed by atoms with E-state index in [2.05, 4.69) is 72.8 Å². The van der Waals surface area contributed by atoms with Crippen LogP contribution in [0.3, 0.4) is 0 Å². The Hall–Kier alpha value is -3.06. The number of hydrogen-bond acceptors (Lipinski definition) is 6. The number of benzene rings is 3. The third-order valence-corrected chi connectivity index (χ3v) is 8.77. The van der Waals surface area contributed by atoms with Gasteiger partial charge in [-0.05, 0) is 111 Å². The van der Waals surface area contributed by atoms with Gasteiger partial charge in [-0.1, -0.05) is 36.4 Å². The number of rotatable bonds is 12. The summed E-state index contributed by atoms with van der Waals surface area (Å²) < 4.78 is 35.8. The molecule has 0 aliphatic carbocycles. The quantitative estimate of drug-likeness (QED) is 0.203. The molecule has 0 amide bonds. The molecule has 43 heavy (non-hydrogen) atoms. The van der Waals surface area contributed by atoms with Gasteiger partial charge in [-0.2, -0.15) is 0 Å². The Balaban J connectivity index is 1.15. The molecule has 0 aromatic heterocycles. The maximum absolute atomic E-state index is 6.10. The maximum atomic E-state index is 6.10. The predicted molar refractivity (Wildman–Crippen MR) is 168 cm³/mol. The highest BCUT2D eigenvalue weighted by atomic mass is 16.5. The second kappa shape index (κ2) is 15.6. The third kappa shape index (κ3) is 8.75. The van der Waals surface area contributed by atoms with E-state index < -0.39 is 0 Å². The van der Waals surface area contributed by atoms with Crippen LogP contribution in [0.4, 0.5) is 0 Å². The normalized spacial score (nSPS) is 23.3. The van der Waals surface area contributed by atoms with E-state index in [9.17, 15) is 0 Å². The van der Waals surface area contributed by atoms with Crippen molar-refractivity contribution in [3.8, 4) is 17.2 Å². The second-order valence-corrected chi connectivity index (χ2v) is 12.0. The summed E-state index contributed by atoms with van der Waals surface area (Å²) in [7, 11) is 0. The Bertz CT molecular complexity index is 1050. The fourth-order valence-electron chi connectivity index (χ4n) is 6.23. The van der Waals surface area contributed by atoms with Crippen molar-refractivity contribution >= 4 is 0 Å². The van der Waals surface area contributed by atoms with Gasteiger partial charge in [-0.25, -0.2) is 0 Å². The summed E-state index contributed by atoms with van der Waals surface area (Å²) in [4.78, 5) is 0. The average molecular weight is 587 g/mol. The van der Waals surface area contributed by atoms with Crippen LogP contribution in [0.25, 0.3) is 0 Å². The van der Waals surface area contributed by atoms with Crippen molar-refractivity contribution in [2.24, 2.45) is 0 Å². The van der Waals surface area contributed by atoms with Gasteiger partial charge in [0.25, 0.3) is 0 Å². The van der Waals surface area contributed by atoms with Gasteiger partial charge in [0.2, 0.25) is 0 Å². The lowest BCUT2D eigenvalue weighted by molar-refractivity contribution is -0.0111. The van der Waals surface area contributed by atoms with Crippen molar-refractivity contribution in [1.82, 2.24) is 0 Å². The summed E-state index contributed by atoms with van der Waals surface area (Å²) in [5.41, 5.74) is 3.61. The summed E-state index contributed by atoms with van der Waals surface area (Å²) in [5.74, 6) is 2.68. The van der Waals surface area contributed by atoms with Gasteiger partial charge in [-0.3, -0.25) is 0 Å². The van der Waals surface area contributed by atoms with E-state index in [4.69, 9.17) is 28.4 Å². The highest BCUT2D eigenvalue weighted by Crippen LogP contribution is 2.35. The monoisotopic (exact) mass is 586 g/mol. The van der Waals surface area contributed by atoms with Crippen LogP contribution in [0, 0.1) is 0 Å². The van der Waals surface area contributed by atoms with Crippen LogP contribution in [0.2, 0.25) is 0 Å². The highest BCUT2D eigenvalue weighted by Gasteiger charge is 2.20. The molecule has 0 spiro atoms. The van der Waals surface area contributed by atoms with Crippen molar-refractivity contribution in [3.05, 3.63) is 89.5 Å². The van der Waals surface area contributed by atoms with Crippen LogP contribution >= 0.6 is 0 Å². The molecule has 3 heterocycles. The molecule has 6 nitrogen and oxygen atoms in total. The zero-order valence-corrected chi connectivity index (χ0v) is 25.3. The van der Waals surface area contributed by atoms with E-state index in [0.29, 0.717) is 19.8 Å². The van der Waals surface area contributed by atoms with E-state index in [1.165, 1.54) is 36.0 Å². The molecule has 3 aromatic carbocycles. The molecule has 3 fully saturated rings. The van der Waals surface area contributed by atoms with Crippen LogP contribution in [0.15, 0.2) is 72.8 Å². The lowest BCUT2D eigenvalue weighted by atomic mass is 9.85. The molecule has 0 N–H and O–H groups in total. The van der Waals surface area contributed by atoms with E-state index in [1.54, 1.807) is 0 Å². The van der Waals surface area contributed by atoms with Gasteiger partial charge in [0, 0.05) is 25.7 Å². The number of hydrogen-bond donors (Lipinski definition) is 0. The standard InChI is InChI=1S/C37H46O6/c1-4-22-38-34(7-1)25-41-31-16-10-28(11-17-31)37(29-12-18-32(19-13-29)42-26-35-8-2-5-23-39-35)30-14-20-33(21-15-30)43-27-36-9-3-6-24-40-36/h10-21,34-37H,1-9,22-27H2. The van der Waals surface area contributed by atoms with Crippen LogP contribution in [-0.4, -0.2) is 58.0 Å². The smallest absolute Gasteiger partial charge is 0.119 e. The van der Waals surface area contributed by atoms with Crippen molar-refractivity contribution in [2.75, 3.05) is 39.6 Å². The first-order chi connectivity index (χ1) is 21.3. The fourth-order valence-corrected chi connectivity index (χ4v) is 6.23. The summed E-state index contributed by atoms with van der Waals surface area (Å²) in [5, 5.41) is 0. The Labute approximate surface area is 256 Å². The molecule has 0 radical (unpaired) electrons. The van der Waals surface area contributed by atoms with Crippen LogP contribution in [-0.2, 0) is 14.2 Å². The molecule has 230 valence electrons. The first-order valence-electron chi connectivity index (χ1n) is 16.3. The minimum absolute atomic E-state index is 0.0576. The molecule has 3 saturated heterocycles. The minimum Gasteiger partial charge on any atom is -0.491 e. The van der Waals surface area contributed by atoms with Crippen LogP contribution in [0.1, 0.15) is 80.4 Å². The lowest BCUT2D eigenvalue weighted by Crippen LogP contribution is -2.25. The van der Waals surface area contributed by atoms with Crippen LogP contribution in [0.5, 0.6) is 17.2 Å². The van der Waals surface area contributed by atoms with Crippen molar-refractivity contribution in [2.45, 2.75) is 82.0 Å². The predicted octanol–water partition coefficient (Wildman–Crippen LogP) is 7.71. The molecular formula is C37H46O6. The van der Waals surface area contributed by atoms with E-state index >= 15 is 0 Å². The van der Waals surface area contributed by atoms with E-state index in [-0.39, 0.29) is 24.2 Å². The molecule has 3 atom stereocenters. The topological polar surface area (TPSA) is 55.4 Å². The Kier molecular flexibility index (Phi) is 10.9. The van der Waals surface area contributed by atoms with Crippen molar-refractivity contribution in [3.63, 3.8) is 0 Å². The summed E-state index contributed by atoms with van der Waals surface area (Å²) in [6.07, 6.45) is 10.9. The fraction of sp³-hybridized carbons (Fsp3) is 0.514. The largest absolute Gasteiger partial charge is 0.491 e. The first-order valence-corrected chi connectivity index (χ1v) is 16.3. The number of ether oxygens (including phenoxy) is 6. The summed E-state index contributed by atoms with van der Waals surface area (Å²) >= 11 is 0. The van der Waals surface area contributed by atoms with E-state index in [0.717, 1.165) is 75.6 Å². The second-order valence-electron chi connectivity index (χ2n) is 12.0. The Morgan fingerprint density at radius 1 is 0.442 bits per heavy atom. The molecule has 6 rings (SSSR count). The van der Waals surface area contributed by atoms with Gasteiger partial charge < -0.3 is 28.4 Å². The summed E-state index contributed by atoms with van der Waals surface area (Å²) in [6, 6.07) is 25.5. The van der Waals surface area contributed by atoms with E-state index in [1.807, 2.05) is 0 Å². The van der Waals surface area contributed by atoms with Gasteiger partial charge in [0.05, 0.1) is 18.3 Å². The third-order valence-electron chi connectivity index (χ3n) is 8.77. The zero-order chi connectivity index (χ0) is 29.1. The molecule has 3 aliphatic heterocycles. The lowest BCUT2D eigenvalue weighted by Gasteiger charge is -2.24. The zero-order valence-electron chi connectivity index (χ0n) is 25.3. The maximum Gasteiger partial charge on any atom is 0.119 e. The molecular weight excluding hydrogens is 540 g/mol. The van der Waals surface area contributed by atoms with Gasteiger partial charge in [0.1, 0.15) is 37.1 Å². The molecule has 3 aliphatic rings. The molecule has 3 unspecified atom stereocenters. The van der Waals surface area contributed by atoms with Gasteiger partial charge in [0.15, 0.2) is 0 Å². The van der Waals surface area contributed by atoms with Gasteiger partial charge >= 0.3 is 0 Å². The molecule has 3 aromatic rings. The van der Waals surface area contributed by atoms with Crippen molar-refractivity contribution in [1.29, 1.82) is 0 Å².